The minimum Gasteiger partial charge on any atom is -0.507 e. The van der Waals surface area contributed by atoms with Crippen LogP contribution in [0.1, 0.15) is 17.3 Å². The monoisotopic (exact) mass is 324 g/mol. The Morgan fingerprint density at radius 1 is 1.43 bits per heavy atom. The predicted octanol–water partition coefficient (Wildman–Crippen LogP) is 0.214. The number of benzene rings is 1. The SMILES string of the molecule is COc1ccc(C(=O)NC[C@](C)(O)CN2CCOCC2)c(O)c1. The minimum atomic E-state index is -1.06. The van der Waals surface area contributed by atoms with E-state index in [1.807, 2.05) is 0 Å². The second-order valence-corrected chi connectivity index (χ2v) is 5.95. The highest BCUT2D eigenvalue weighted by Crippen LogP contribution is 2.23. The van der Waals surface area contributed by atoms with Crippen molar-refractivity contribution in [3.63, 3.8) is 0 Å². The summed E-state index contributed by atoms with van der Waals surface area (Å²) >= 11 is 0. The van der Waals surface area contributed by atoms with Gasteiger partial charge < -0.3 is 25.0 Å². The zero-order valence-electron chi connectivity index (χ0n) is 13.5. The van der Waals surface area contributed by atoms with Crippen LogP contribution in [0.3, 0.4) is 0 Å². The Morgan fingerprint density at radius 3 is 2.74 bits per heavy atom. The lowest BCUT2D eigenvalue weighted by Crippen LogP contribution is -2.51. The Morgan fingerprint density at radius 2 is 2.13 bits per heavy atom. The van der Waals surface area contributed by atoms with Crippen molar-refractivity contribution in [3.8, 4) is 11.5 Å². The molecule has 1 aliphatic rings. The van der Waals surface area contributed by atoms with E-state index in [0.717, 1.165) is 13.1 Å². The molecular weight excluding hydrogens is 300 g/mol. The second-order valence-electron chi connectivity index (χ2n) is 5.95. The first-order valence-corrected chi connectivity index (χ1v) is 7.59. The molecule has 0 radical (unpaired) electrons. The van der Waals surface area contributed by atoms with Crippen LogP contribution < -0.4 is 10.1 Å². The number of methoxy groups -OCH3 is 1. The van der Waals surface area contributed by atoms with Gasteiger partial charge in [-0.25, -0.2) is 0 Å². The van der Waals surface area contributed by atoms with Crippen LogP contribution in [0.25, 0.3) is 0 Å². The van der Waals surface area contributed by atoms with Gasteiger partial charge in [0.1, 0.15) is 11.5 Å². The summed E-state index contributed by atoms with van der Waals surface area (Å²) in [5.74, 6) is -0.125. The molecule has 2 rings (SSSR count). The van der Waals surface area contributed by atoms with Crippen molar-refractivity contribution in [3.05, 3.63) is 23.8 Å². The van der Waals surface area contributed by atoms with Gasteiger partial charge in [0.2, 0.25) is 0 Å². The van der Waals surface area contributed by atoms with Gasteiger partial charge in [-0.2, -0.15) is 0 Å². The highest BCUT2D eigenvalue weighted by atomic mass is 16.5. The maximum absolute atomic E-state index is 12.1. The Hall–Kier alpha value is -1.83. The number of β-amino-alcohol motifs (C(OH)–C–C–N with tert-alkyl or cyclic N) is 1. The maximum Gasteiger partial charge on any atom is 0.255 e. The largest absolute Gasteiger partial charge is 0.507 e. The highest BCUT2D eigenvalue weighted by molar-refractivity contribution is 5.97. The molecule has 7 nitrogen and oxygen atoms in total. The van der Waals surface area contributed by atoms with E-state index < -0.39 is 11.5 Å². The number of amides is 1. The number of phenolic OH excluding ortho intramolecular Hbond substituents is 1. The summed E-state index contributed by atoms with van der Waals surface area (Å²) in [6.07, 6.45) is 0. The lowest BCUT2D eigenvalue weighted by molar-refractivity contribution is -0.0213. The molecule has 1 heterocycles. The van der Waals surface area contributed by atoms with E-state index in [0.29, 0.717) is 25.5 Å². The third-order valence-corrected chi connectivity index (χ3v) is 3.75. The molecule has 0 unspecified atom stereocenters. The average Bonchev–Trinajstić information content (AvgIpc) is 2.53. The number of aromatic hydroxyl groups is 1. The van der Waals surface area contributed by atoms with E-state index in [4.69, 9.17) is 9.47 Å². The van der Waals surface area contributed by atoms with E-state index >= 15 is 0 Å². The van der Waals surface area contributed by atoms with Crippen LogP contribution in [0.5, 0.6) is 11.5 Å². The van der Waals surface area contributed by atoms with Crippen LogP contribution in [-0.4, -0.2) is 73.1 Å². The van der Waals surface area contributed by atoms with Crippen molar-refractivity contribution in [2.75, 3.05) is 46.5 Å². The number of nitrogens with zero attached hydrogens (tertiary/aromatic N) is 1. The van der Waals surface area contributed by atoms with Gasteiger partial charge in [0.15, 0.2) is 0 Å². The molecule has 0 saturated carbocycles. The molecule has 1 amide bonds. The molecule has 1 aromatic carbocycles. The normalized spacial score (nSPS) is 18.2. The molecule has 1 aromatic rings. The van der Waals surface area contributed by atoms with Gasteiger partial charge in [0.05, 0.1) is 31.5 Å². The third-order valence-electron chi connectivity index (χ3n) is 3.75. The number of morpholine rings is 1. The number of hydrogen-bond donors (Lipinski definition) is 3. The summed E-state index contributed by atoms with van der Waals surface area (Å²) in [7, 11) is 1.48. The topological polar surface area (TPSA) is 91.3 Å². The molecule has 0 aliphatic carbocycles. The van der Waals surface area contributed by atoms with Gasteiger partial charge in [-0.15, -0.1) is 0 Å². The van der Waals surface area contributed by atoms with Gasteiger partial charge in [0, 0.05) is 32.2 Å². The van der Waals surface area contributed by atoms with Crippen molar-refractivity contribution < 1.29 is 24.5 Å². The van der Waals surface area contributed by atoms with Gasteiger partial charge >= 0.3 is 0 Å². The summed E-state index contributed by atoms with van der Waals surface area (Å²) in [5, 5.41) is 23.0. The first-order valence-electron chi connectivity index (χ1n) is 7.59. The van der Waals surface area contributed by atoms with Gasteiger partial charge in [0.25, 0.3) is 5.91 Å². The molecular formula is C16H24N2O5. The second kappa shape index (κ2) is 7.63. The summed E-state index contributed by atoms with van der Waals surface area (Å²) in [4.78, 5) is 14.2. The van der Waals surface area contributed by atoms with Crippen LogP contribution in [0, 0.1) is 0 Å². The van der Waals surface area contributed by atoms with E-state index in [9.17, 15) is 15.0 Å². The number of carbonyl (C=O) groups is 1. The molecule has 23 heavy (non-hydrogen) atoms. The van der Waals surface area contributed by atoms with Crippen LogP contribution in [0.2, 0.25) is 0 Å². The van der Waals surface area contributed by atoms with E-state index in [1.54, 1.807) is 13.0 Å². The lowest BCUT2D eigenvalue weighted by atomic mass is 10.1. The zero-order chi connectivity index (χ0) is 16.9. The number of phenols is 1. The zero-order valence-corrected chi connectivity index (χ0v) is 13.5. The molecule has 7 heteroatoms. The summed E-state index contributed by atoms with van der Waals surface area (Å²) in [6.45, 7) is 5.06. The molecule has 1 fully saturated rings. The van der Waals surface area contributed by atoms with Crippen LogP contribution in [0.15, 0.2) is 18.2 Å². The molecule has 3 N–H and O–H groups in total. The standard InChI is InChI=1S/C16H24N2O5/c1-16(21,11-18-5-7-23-8-6-18)10-17-15(20)13-4-3-12(22-2)9-14(13)19/h3-4,9,19,21H,5-8,10-11H2,1-2H3,(H,17,20)/t16-/m0/s1. The van der Waals surface area contributed by atoms with Crippen LogP contribution in [-0.2, 0) is 4.74 Å². The van der Waals surface area contributed by atoms with E-state index in [1.165, 1.54) is 19.2 Å². The van der Waals surface area contributed by atoms with Crippen LogP contribution in [0.4, 0.5) is 0 Å². The average molecular weight is 324 g/mol. The molecule has 1 aliphatic heterocycles. The summed E-state index contributed by atoms with van der Waals surface area (Å²) in [6, 6.07) is 4.46. The Bertz CT molecular complexity index is 541. The van der Waals surface area contributed by atoms with Crippen molar-refractivity contribution >= 4 is 5.91 Å². The number of ether oxygens (including phenoxy) is 2. The highest BCUT2D eigenvalue weighted by Gasteiger charge is 2.26. The van der Waals surface area contributed by atoms with Gasteiger partial charge in [-0.3, -0.25) is 9.69 Å². The summed E-state index contributed by atoms with van der Waals surface area (Å²) < 4.78 is 10.3. The van der Waals surface area contributed by atoms with Crippen molar-refractivity contribution in [2.24, 2.45) is 0 Å². The van der Waals surface area contributed by atoms with E-state index in [2.05, 4.69) is 10.2 Å². The van der Waals surface area contributed by atoms with E-state index in [-0.39, 0.29) is 17.9 Å². The number of aliphatic hydroxyl groups is 1. The third kappa shape index (κ3) is 5.09. The molecule has 1 saturated heterocycles. The predicted molar refractivity (Wildman–Crippen MR) is 84.9 cm³/mol. The fraction of sp³-hybridized carbons (Fsp3) is 0.562. The Kier molecular flexibility index (Phi) is 5.81. The Balaban J connectivity index is 1.89. The summed E-state index contributed by atoms with van der Waals surface area (Å²) in [5.41, 5.74) is -0.914. The van der Waals surface area contributed by atoms with Gasteiger partial charge in [-0.05, 0) is 19.1 Å². The number of hydrogen-bond acceptors (Lipinski definition) is 6. The fourth-order valence-corrected chi connectivity index (χ4v) is 2.49. The molecule has 0 spiro atoms. The maximum atomic E-state index is 12.1. The molecule has 0 aromatic heterocycles. The fourth-order valence-electron chi connectivity index (χ4n) is 2.49. The van der Waals surface area contributed by atoms with Crippen LogP contribution >= 0.6 is 0 Å². The number of nitrogens with one attached hydrogen (secondary N) is 1. The molecule has 128 valence electrons. The first-order chi connectivity index (χ1) is 10.9. The first kappa shape index (κ1) is 17.5. The smallest absolute Gasteiger partial charge is 0.255 e. The molecule has 1 atom stereocenters. The molecule has 0 bridgehead atoms. The Labute approximate surface area is 135 Å². The quantitative estimate of drug-likeness (QED) is 0.693. The van der Waals surface area contributed by atoms with Crippen molar-refractivity contribution in [1.82, 2.24) is 10.2 Å². The van der Waals surface area contributed by atoms with Crippen molar-refractivity contribution in [1.29, 1.82) is 0 Å². The number of rotatable bonds is 6. The lowest BCUT2D eigenvalue weighted by Gasteiger charge is -2.33. The van der Waals surface area contributed by atoms with Crippen molar-refractivity contribution in [2.45, 2.75) is 12.5 Å². The van der Waals surface area contributed by atoms with Gasteiger partial charge in [-0.1, -0.05) is 0 Å². The number of carbonyl (C=O) groups excluding carboxylic acids is 1. The minimum absolute atomic E-state index is 0.0919.